The number of anilines is 1. The zero-order chi connectivity index (χ0) is 14.1. The van der Waals surface area contributed by atoms with Crippen molar-refractivity contribution in [3.05, 3.63) is 18.1 Å². The molecule has 0 atom stereocenters. The van der Waals surface area contributed by atoms with Gasteiger partial charge in [0.05, 0.1) is 12.4 Å². The van der Waals surface area contributed by atoms with Crippen molar-refractivity contribution in [1.82, 2.24) is 20.6 Å². The average Bonchev–Trinajstić information content (AvgIpc) is 2.45. The molecule has 1 heterocycles. The number of nitrogens with zero attached hydrogens (tertiary/aromatic N) is 2. The Balaban J connectivity index is 2.36. The molecule has 0 bridgehead atoms. The molecule has 19 heavy (non-hydrogen) atoms. The highest BCUT2D eigenvalue weighted by atomic mass is 16.2. The molecule has 0 spiro atoms. The van der Waals surface area contributed by atoms with Crippen molar-refractivity contribution in [3.63, 3.8) is 0 Å². The lowest BCUT2D eigenvalue weighted by Crippen LogP contribution is -2.31. The zero-order valence-corrected chi connectivity index (χ0v) is 10.8. The fourth-order valence-electron chi connectivity index (χ4n) is 1.28. The molecule has 1 aromatic heterocycles. The summed E-state index contributed by atoms with van der Waals surface area (Å²) in [4.78, 5) is 30.7. The molecule has 8 heteroatoms. The lowest BCUT2D eigenvalue weighted by Gasteiger charge is -2.06. The Morgan fingerprint density at radius 3 is 2.74 bits per heavy atom. The maximum absolute atomic E-state index is 11.7. The maximum Gasteiger partial charge on any atom is 0.271 e. The summed E-state index contributed by atoms with van der Waals surface area (Å²) in [6, 6.07) is 0. The molecule has 0 unspecified atom stereocenters. The predicted octanol–water partition coefficient (Wildman–Crippen LogP) is -0.592. The Morgan fingerprint density at radius 1 is 1.26 bits per heavy atom. The molecule has 0 aliphatic carbocycles. The van der Waals surface area contributed by atoms with E-state index in [-0.39, 0.29) is 24.6 Å². The normalized spacial score (nSPS) is 9.79. The van der Waals surface area contributed by atoms with Gasteiger partial charge in [-0.25, -0.2) is 10.8 Å². The summed E-state index contributed by atoms with van der Waals surface area (Å²) in [7, 11) is 0. The van der Waals surface area contributed by atoms with Crippen LogP contribution in [0.4, 0.5) is 5.82 Å². The summed E-state index contributed by atoms with van der Waals surface area (Å²) in [5.74, 6) is 4.98. The monoisotopic (exact) mass is 266 g/mol. The highest BCUT2D eigenvalue weighted by molar-refractivity contribution is 5.92. The van der Waals surface area contributed by atoms with Gasteiger partial charge in [-0.15, -0.1) is 0 Å². The molecular weight excluding hydrogens is 248 g/mol. The second-order valence-electron chi connectivity index (χ2n) is 3.79. The number of carbonyl (C=O) groups is 2. The summed E-state index contributed by atoms with van der Waals surface area (Å²) in [5.41, 5.74) is 2.44. The van der Waals surface area contributed by atoms with Crippen LogP contribution in [0.1, 0.15) is 30.3 Å². The molecule has 2 amide bonds. The molecule has 0 aliphatic rings. The first-order valence-electron chi connectivity index (χ1n) is 6.01. The quantitative estimate of drug-likeness (QED) is 0.386. The topological polar surface area (TPSA) is 122 Å². The van der Waals surface area contributed by atoms with E-state index in [2.05, 4.69) is 26.0 Å². The van der Waals surface area contributed by atoms with Crippen LogP contribution in [0.15, 0.2) is 12.4 Å². The number of nitrogen functional groups attached to an aromatic ring is 1. The summed E-state index contributed by atoms with van der Waals surface area (Å²) in [6.45, 7) is 2.86. The van der Waals surface area contributed by atoms with Gasteiger partial charge in [0, 0.05) is 19.5 Å². The van der Waals surface area contributed by atoms with Crippen molar-refractivity contribution in [2.75, 3.05) is 18.5 Å². The molecule has 0 saturated carbocycles. The van der Waals surface area contributed by atoms with E-state index in [4.69, 9.17) is 5.84 Å². The largest absolute Gasteiger partial charge is 0.356 e. The van der Waals surface area contributed by atoms with Crippen LogP contribution in [0.2, 0.25) is 0 Å². The van der Waals surface area contributed by atoms with E-state index >= 15 is 0 Å². The van der Waals surface area contributed by atoms with Crippen LogP contribution in [0.25, 0.3) is 0 Å². The van der Waals surface area contributed by atoms with E-state index in [1.165, 1.54) is 12.4 Å². The maximum atomic E-state index is 11.7. The third-order valence-electron chi connectivity index (χ3n) is 2.22. The summed E-state index contributed by atoms with van der Waals surface area (Å²) in [5, 5.41) is 5.31. The van der Waals surface area contributed by atoms with Gasteiger partial charge in [-0.3, -0.25) is 14.6 Å². The van der Waals surface area contributed by atoms with Gasteiger partial charge in [0.1, 0.15) is 5.69 Å². The van der Waals surface area contributed by atoms with E-state index in [1.807, 2.05) is 6.92 Å². The minimum atomic E-state index is -0.395. The Bertz CT molecular complexity index is 437. The molecule has 0 radical (unpaired) electrons. The lowest BCUT2D eigenvalue weighted by molar-refractivity contribution is -0.120. The second kappa shape index (κ2) is 7.98. The third-order valence-corrected chi connectivity index (χ3v) is 2.22. The summed E-state index contributed by atoms with van der Waals surface area (Å²) in [6.07, 6.45) is 3.84. The van der Waals surface area contributed by atoms with Crippen molar-refractivity contribution in [1.29, 1.82) is 0 Å². The minimum absolute atomic E-state index is 0.0920. The first-order chi connectivity index (χ1) is 9.17. The first-order valence-corrected chi connectivity index (χ1v) is 6.01. The molecule has 8 nitrogen and oxygen atoms in total. The Hall–Kier alpha value is -2.22. The van der Waals surface area contributed by atoms with Crippen molar-refractivity contribution in [2.45, 2.75) is 19.8 Å². The van der Waals surface area contributed by atoms with Crippen LogP contribution in [0.5, 0.6) is 0 Å². The fourth-order valence-corrected chi connectivity index (χ4v) is 1.28. The molecule has 1 rings (SSSR count). The Morgan fingerprint density at radius 2 is 2.05 bits per heavy atom. The number of aromatic nitrogens is 2. The third kappa shape index (κ3) is 5.30. The van der Waals surface area contributed by atoms with Gasteiger partial charge in [0.2, 0.25) is 5.91 Å². The van der Waals surface area contributed by atoms with E-state index in [0.29, 0.717) is 12.4 Å². The Kier molecular flexibility index (Phi) is 6.23. The number of rotatable bonds is 7. The van der Waals surface area contributed by atoms with Gasteiger partial charge in [-0.2, -0.15) is 0 Å². The Labute approximate surface area is 111 Å². The van der Waals surface area contributed by atoms with Gasteiger partial charge in [-0.05, 0) is 6.42 Å². The number of carbonyl (C=O) groups excluding carboxylic acids is 2. The van der Waals surface area contributed by atoms with Crippen molar-refractivity contribution >= 4 is 17.6 Å². The highest BCUT2D eigenvalue weighted by Crippen LogP contribution is 1.99. The molecular formula is C11H18N6O2. The predicted molar refractivity (Wildman–Crippen MR) is 70.1 cm³/mol. The molecule has 0 saturated heterocycles. The van der Waals surface area contributed by atoms with Crippen molar-refractivity contribution in [3.8, 4) is 0 Å². The van der Waals surface area contributed by atoms with E-state index < -0.39 is 5.91 Å². The smallest absolute Gasteiger partial charge is 0.271 e. The van der Waals surface area contributed by atoms with E-state index in [9.17, 15) is 9.59 Å². The SMILES string of the molecule is CCCNC(=O)CCNC(=O)c1cncc(NN)n1. The number of nitrogens with two attached hydrogens (primary N) is 1. The number of amides is 2. The van der Waals surface area contributed by atoms with Crippen molar-refractivity contribution < 1.29 is 9.59 Å². The fraction of sp³-hybridized carbons (Fsp3) is 0.455. The zero-order valence-electron chi connectivity index (χ0n) is 10.8. The van der Waals surface area contributed by atoms with E-state index in [1.54, 1.807) is 0 Å². The average molecular weight is 266 g/mol. The molecule has 104 valence electrons. The molecule has 0 fully saturated rings. The number of hydrogen-bond donors (Lipinski definition) is 4. The molecule has 0 aliphatic heterocycles. The van der Waals surface area contributed by atoms with Crippen LogP contribution < -0.4 is 21.9 Å². The number of hydrazine groups is 1. The van der Waals surface area contributed by atoms with Gasteiger partial charge < -0.3 is 16.1 Å². The lowest BCUT2D eigenvalue weighted by atomic mass is 10.3. The molecule has 0 aromatic carbocycles. The molecule has 1 aromatic rings. The van der Waals surface area contributed by atoms with Crippen LogP contribution in [0.3, 0.4) is 0 Å². The summed E-state index contributed by atoms with van der Waals surface area (Å²) >= 11 is 0. The minimum Gasteiger partial charge on any atom is -0.356 e. The number of hydrogen-bond acceptors (Lipinski definition) is 6. The van der Waals surface area contributed by atoms with Crippen LogP contribution in [-0.4, -0.2) is 34.9 Å². The van der Waals surface area contributed by atoms with Crippen LogP contribution in [-0.2, 0) is 4.79 Å². The first kappa shape index (κ1) is 14.8. The second-order valence-corrected chi connectivity index (χ2v) is 3.79. The molecule has 5 N–H and O–H groups in total. The van der Waals surface area contributed by atoms with Gasteiger partial charge in [0.25, 0.3) is 5.91 Å². The van der Waals surface area contributed by atoms with Gasteiger partial charge >= 0.3 is 0 Å². The van der Waals surface area contributed by atoms with Crippen LogP contribution in [0, 0.1) is 0 Å². The van der Waals surface area contributed by atoms with Crippen molar-refractivity contribution in [2.24, 2.45) is 5.84 Å². The standard InChI is InChI=1S/C11H18N6O2/c1-2-4-14-10(18)3-5-15-11(19)8-6-13-7-9(16-8)17-12/h6-7H,2-5,12H2,1H3,(H,14,18)(H,15,19)(H,16,17). The highest BCUT2D eigenvalue weighted by Gasteiger charge is 2.09. The van der Waals surface area contributed by atoms with E-state index in [0.717, 1.165) is 6.42 Å². The number of nitrogens with one attached hydrogen (secondary N) is 3. The van der Waals surface area contributed by atoms with Gasteiger partial charge in [-0.1, -0.05) is 6.92 Å². The summed E-state index contributed by atoms with van der Waals surface area (Å²) < 4.78 is 0. The van der Waals surface area contributed by atoms with Gasteiger partial charge in [0.15, 0.2) is 5.82 Å². The van der Waals surface area contributed by atoms with Crippen LogP contribution >= 0.6 is 0 Å².